The first-order chi connectivity index (χ1) is 12.0. The lowest BCUT2D eigenvalue weighted by molar-refractivity contribution is -0.121. The molecule has 1 aromatic heterocycles. The summed E-state index contributed by atoms with van der Waals surface area (Å²) < 4.78 is 5.89. The van der Waals surface area contributed by atoms with E-state index in [-0.39, 0.29) is 24.3 Å². The minimum atomic E-state index is -0.140. The molecule has 5 nitrogen and oxygen atoms in total. The number of hydrogen-bond acceptors (Lipinski definition) is 4. The average Bonchev–Trinajstić information content (AvgIpc) is 3.22. The normalized spacial score (nSPS) is 15.4. The summed E-state index contributed by atoms with van der Waals surface area (Å²) in [7, 11) is 0. The SMILES string of the molecule is CC(=O)NCCC(=O)NC[C@@H]1Cc2cc(-c3ccsc3)cc(Cl)c2O1. The molecule has 0 aliphatic carbocycles. The van der Waals surface area contributed by atoms with Crippen LogP contribution in [0.2, 0.25) is 5.02 Å². The molecule has 0 bridgehead atoms. The number of hydrogen-bond donors (Lipinski definition) is 2. The molecule has 2 N–H and O–H groups in total. The highest BCUT2D eigenvalue weighted by molar-refractivity contribution is 7.08. The molecule has 7 heteroatoms. The van der Waals surface area contributed by atoms with Crippen molar-refractivity contribution in [2.45, 2.75) is 25.9 Å². The topological polar surface area (TPSA) is 67.4 Å². The average molecular weight is 379 g/mol. The smallest absolute Gasteiger partial charge is 0.221 e. The second-order valence-electron chi connectivity index (χ2n) is 5.94. The Kier molecular flexibility index (Phi) is 5.60. The van der Waals surface area contributed by atoms with Crippen molar-refractivity contribution in [3.8, 4) is 16.9 Å². The van der Waals surface area contributed by atoms with E-state index in [1.807, 2.05) is 11.4 Å². The van der Waals surface area contributed by atoms with Gasteiger partial charge in [0, 0.05) is 31.9 Å². The number of amides is 2. The lowest BCUT2D eigenvalue weighted by Crippen LogP contribution is -2.36. The van der Waals surface area contributed by atoms with Crippen LogP contribution in [0.15, 0.2) is 29.0 Å². The van der Waals surface area contributed by atoms with Crippen LogP contribution in [-0.2, 0) is 16.0 Å². The Morgan fingerprint density at radius 1 is 1.32 bits per heavy atom. The highest BCUT2D eigenvalue weighted by Crippen LogP contribution is 2.39. The van der Waals surface area contributed by atoms with Gasteiger partial charge in [-0.1, -0.05) is 11.6 Å². The van der Waals surface area contributed by atoms with Crippen molar-refractivity contribution in [2.75, 3.05) is 13.1 Å². The van der Waals surface area contributed by atoms with Crippen LogP contribution in [0, 0.1) is 0 Å². The van der Waals surface area contributed by atoms with Crippen LogP contribution in [-0.4, -0.2) is 31.0 Å². The van der Waals surface area contributed by atoms with E-state index >= 15 is 0 Å². The number of ether oxygens (including phenoxy) is 1. The van der Waals surface area contributed by atoms with E-state index in [2.05, 4.69) is 28.1 Å². The molecule has 1 aromatic carbocycles. The van der Waals surface area contributed by atoms with Gasteiger partial charge in [-0.2, -0.15) is 11.3 Å². The van der Waals surface area contributed by atoms with E-state index in [0.717, 1.165) is 16.7 Å². The van der Waals surface area contributed by atoms with E-state index in [0.29, 0.717) is 30.3 Å². The zero-order valence-corrected chi connectivity index (χ0v) is 15.4. The van der Waals surface area contributed by atoms with Crippen LogP contribution in [0.1, 0.15) is 18.9 Å². The van der Waals surface area contributed by atoms with E-state index in [1.54, 1.807) is 11.3 Å². The van der Waals surface area contributed by atoms with Gasteiger partial charge in [0.2, 0.25) is 11.8 Å². The summed E-state index contributed by atoms with van der Waals surface area (Å²) in [4.78, 5) is 22.6. The van der Waals surface area contributed by atoms with Gasteiger partial charge < -0.3 is 15.4 Å². The number of thiophene rings is 1. The van der Waals surface area contributed by atoms with Gasteiger partial charge in [-0.25, -0.2) is 0 Å². The molecule has 1 aliphatic heterocycles. The minimum Gasteiger partial charge on any atom is -0.486 e. The Morgan fingerprint density at radius 2 is 2.16 bits per heavy atom. The van der Waals surface area contributed by atoms with Crippen molar-refractivity contribution >= 4 is 34.8 Å². The molecule has 0 fully saturated rings. The standard InChI is InChI=1S/C18H19ClN2O3S/c1-11(22)20-4-2-17(23)21-9-15-7-14-6-13(12-3-5-25-10-12)8-16(19)18(14)24-15/h3,5-6,8,10,15H,2,4,7,9H2,1H3,(H,20,22)(H,21,23)/t15-/m0/s1. The second kappa shape index (κ2) is 7.89. The molecular formula is C18H19ClN2O3S. The van der Waals surface area contributed by atoms with E-state index < -0.39 is 0 Å². The van der Waals surface area contributed by atoms with Crippen LogP contribution < -0.4 is 15.4 Å². The van der Waals surface area contributed by atoms with Crippen molar-refractivity contribution in [2.24, 2.45) is 0 Å². The Balaban J connectivity index is 1.56. The van der Waals surface area contributed by atoms with Gasteiger partial charge in [0.05, 0.1) is 11.6 Å². The molecular weight excluding hydrogens is 360 g/mol. The first-order valence-corrected chi connectivity index (χ1v) is 9.38. The van der Waals surface area contributed by atoms with Gasteiger partial charge in [0.25, 0.3) is 0 Å². The Morgan fingerprint density at radius 3 is 2.88 bits per heavy atom. The summed E-state index contributed by atoms with van der Waals surface area (Å²) >= 11 is 8.01. The summed E-state index contributed by atoms with van der Waals surface area (Å²) in [6, 6.07) is 6.07. The van der Waals surface area contributed by atoms with Crippen molar-refractivity contribution in [3.05, 3.63) is 39.5 Å². The van der Waals surface area contributed by atoms with Crippen molar-refractivity contribution in [1.29, 1.82) is 0 Å². The van der Waals surface area contributed by atoms with Crippen molar-refractivity contribution < 1.29 is 14.3 Å². The first-order valence-electron chi connectivity index (χ1n) is 8.05. The van der Waals surface area contributed by atoms with Crippen molar-refractivity contribution in [1.82, 2.24) is 10.6 Å². The zero-order chi connectivity index (χ0) is 17.8. The quantitative estimate of drug-likeness (QED) is 0.811. The molecule has 1 atom stereocenters. The third-order valence-electron chi connectivity index (χ3n) is 3.96. The van der Waals surface area contributed by atoms with Crippen LogP contribution in [0.25, 0.3) is 11.1 Å². The molecule has 0 unspecified atom stereocenters. The lowest BCUT2D eigenvalue weighted by Gasteiger charge is -2.12. The fourth-order valence-electron chi connectivity index (χ4n) is 2.76. The maximum absolute atomic E-state index is 11.8. The van der Waals surface area contributed by atoms with Gasteiger partial charge >= 0.3 is 0 Å². The second-order valence-corrected chi connectivity index (χ2v) is 7.13. The van der Waals surface area contributed by atoms with E-state index in [4.69, 9.17) is 16.3 Å². The van der Waals surface area contributed by atoms with Crippen LogP contribution in [0.5, 0.6) is 5.75 Å². The molecule has 25 heavy (non-hydrogen) atoms. The van der Waals surface area contributed by atoms with Gasteiger partial charge in [0.1, 0.15) is 11.9 Å². The maximum Gasteiger partial charge on any atom is 0.221 e. The number of benzene rings is 1. The number of rotatable bonds is 6. The third kappa shape index (κ3) is 4.52. The monoisotopic (exact) mass is 378 g/mol. The third-order valence-corrected chi connectivity index (χ3v) is 4.92. The number of carbonyl (C=O) groups is 2. The number of fused-ring (bicyclic) bond motifs is 1. The molecule has 2 aromatic rings. The molecule has 0 radical (unpaired) electrons. The van der Waals surface area contributed by atoms with Crippen LogP contribution in [0.4, 0.5) is 0 Å². The molecule has 0 saturated heterocycles. The van der Waals surface area contributed by atoms with E-state index in [9.17, 15) is 9.59 Å². The molecule has 1 aliphatic rings. The van der Waals surface area contributed by atoms with Gasteiger partial charge in [0.15, 0.2) is 0 Å². The Labute approximate surface area is 155 Å². The summed E-state index contributed by atoms with van der Waals surface area (Å²) in [6.07, 6.45) is 0.830. The summed E-state index contributed by atoms with van der Waals surface area (Å²) in [6.45, 7) is 2.18. The van der Waals surface area contributed by atoms with Crippen molar-refractivity contribution in [3.63, 3.8) is 0 Å². The Bertz CT molecular complexity index is 777. The van der Waals surface area contributed by atoms with Crippen LogP contribution >= 0.6 is 22.9 Å². The molecule has 3 rings (SSSR count). The fourth-order valence-corrected chi connectivity index (χ4v) is 3.71. The molecule has 0 spiro atoms. The number of nitrogens with one attached hydrogen (secondary N) is 2. The van der Waals surface area contributed by atoms with E-state index in [1.165, 1.54) is 6.92 Å². The summed E-state index contributed by atoms with van der Waals surface area (Å²) in [5.41, 5.74) is 3.28. The first kappa shape index (κ1) is 17.8. The molecule has 2 amide bonds. The molecule has 0 saturated carbocycles. The molecule has 132 valence electrons. The predicted molar refractivity (Wildman–Crippen MR) is 99.2 cm³/mol. The predicted octanol–water partition coefficient (Wildman–Crippen LogP) is 3.01. The largest absolute Gasteiger partial charge is 0.486 e. The fraction of sp³-hybridized carbons (Fsp3) is 0.333. The van der Waals surface area contributed by atoms with Crippen LogP contribution in [0.3, 0.4) is 0 Å². The minimum absolute atomic E-state index is 0.113. The summed E-state index contributed by atoms with van der Waals surface area (Å²) in [5.74, 6) is 0.454. The lowest BCUT2D eigenvalue weighted by atomic mass is 10.0. The summed E-state index contributed by atoms with van der Waals surface area (Å²) in [5, 5.41) is 10.1. The highest BCUT2D eigenvalue weighted by atomic mass is 35.5. The van der Waals surface area contributed by atoms with Gasteiger partial charge in [-0.05, 0) is 40.1 Å². The Hall–Kier alpha value is -2.05. The van der Waals surface area contributed by atoms with Gasteiger partial charge in [-0.15, -0.1) is 0 Å². The highest BCUT2D eigenvalue weighted by Gasteiger charge is 2.26. The molecule has 2 heterocycles. The maximum atomic E-state index is 11.8. The van der Waals surface area contributed by atoms with Gasteiger partial charge in [-0.3, -0.25) is 9.59 Å². The number of carbonyl (C=O) groups excluding carboxylic acids is 2. The number of halogens is 1. The zero-order valence-electron chi connectivity index (χ0n) is 13.8.